The predicted molar refractivity (Wildman–Crippen MR) is 57.3 cm³/mol. The van der Waals surface area contributed by atoms with Crippen molar-refractivity contribution in [3.63, 3.8) is 0 Å². The fraction of sp³-hybridized carbons (Fsp3) is 0.417. The van der Waals surface area contributed by atoms with Crippen LogP contribution in [0.3, 0.4) is 0 Å². The first kappa shape index (κ1) is 13.6. The predicted octanol–water partition coefficient (Wildman–Crippen LogP) is 2.28. The van der Waals surface area contributed by atoms with Crippen LogP contribution in [-0.4, -0.2) is 16.2 Å². The fourth-order valence-electron chi connectivity index (χ4n) is 1.89. The lowest BCUT2D eigenvalue weighted by Crippen LogP contribution is -2.37. The summed E-state index contributed by atoms with van der Waals surface area (Å²) in [5.41, 5.74) is -2.29. The van der Waals surface area contributed by atoms with Crippen molar-refractivity contribution in [3.8, 4) is 0 Å². The molecule has 0 aliphatic heterocycles. The van der Waals surface area contributed by atoms with Gasteiger partial charge in [0.25, 0.3) is 0 Å². The van der Waals surface area contributed by atoms with Crippen LogP contribution >= 0.6 is 0 Å². The lowest BCUT2D eigenvalue weighted by Gasteiger charge is -2.30. The minimum Gasteiger partial charge on any atom is -0.481 e. The maximum atomic E-state index is 13.5. The molecule has 0 radical (unpaired) electrons. The molecule has 2 N–H and O–H groups in total. The Morgan fingerprint density at radius 2 is 2.06 bits per heavy atom. The minimum atomic E-state index is -1.95. The third-order valence-electron chi connectivity index (χ3n) is 2.86. The second-order valence-corrected chi connectivity index (χ2v) is 4.07. The molecule has 0 fully saturated rings. The van der Waals surface area contributed by atoms with Gasteiger partial charge in [-0.2, -0.15) is 0 Å². The first-order valence-corrected chi connectivity index (χ1v) is 5.21. The molecule has 0 spiro atoms. The number of carboxylic acid groups (broad SMARTS) is 1. The maximum absolute atomic E-state index is 13.5. The number of aliphatic hydroxyl groups is 1. The molecule has 0 saturated carbocycles. The van der Waals surface area contributed by atoms with Crippen molar-refractivity contribution in [1.82, 2.24) is 0 Å². The molecule has 3 nitrogen and oxygen atoms in total. The fourth-order valence-corrected chi connectivity index (χ4v) is 1.89. The number of carbonyl (C=O) groups is 1. The van der Waals surface area contributed by atoms with E-state index < -0.39 is 29.1 Å². The van der Waals surface area contributed by atoms with Crippen LogP contribution in [0.25, 0.3) is 0 Å². The monoisotopic (exact) mass is 244 g/mol. The lowest BCUT2D eigenvalue weighted by molar-refractivity contribution is -0.152. The summed E-state index contributed by atoms with van der Waals surface area (Å²) in [4.78, 5) is 11.0. The Bertz CT molecular complexity index is 430. The van der Waals surface area contributed by atoms with E-state index in [-0.39, 0.29) is 12.0 Å². The zero-order valence-electron chi connectivity index (χ0n) is 9.58. The van der Waals surface area contributed by atoms with Crippen LogP contribution in [0.1, 0.15) is 25.8 Å². The van der Waals surface area contributed by atoms with E-state index in [4.69, 9.17) is 5.11 Å². The quantitative estimate of drug-likeness (QED) is 0.854. The SMILES string of the molecule is CCC(C(=O)O)C(C)(O)c1cc(F)ccc1F. The Morgan fingerprint density at radius 1 is 1.47 bits per heavy atom. The molecule has 0 aliphatic carbocycles. The van der Waals surface area contributed by atoms with Crippen molar-refractivity contribution in [1.29, 1.82) is 0 Å². The molecule has 2 unspecified atom stereocenters. The Kier molecular flexibility index (Phi) is 3.83. The molecule has 1 aromatic carbocycles. The van der Waals surface area contributed by atoms with Gasteiger partial charge in [0.15, 0.2) is 0 Å². The minimum absolute atomic E-state index is 0.109. The van der Waals surface area contributed by atoms with Gasteiger partial charge in [-0.1, -0.05) is 6.92 Å². The van der Waals surface area contributed by atoms with Crippen molar-refractivity contribution >= 4 is 5.97 Å². The van der Waals surface area contributed by atoms with E-state index in [1.807, 2.05) is 0 Å². The molecule has 0 aromatic heterocycles. The zero-order valence-corrected chi connectivity index (χ0v) is 9.58. The highest BCUT2D eigenvalue weighted by Crippen LogP contribution is 2.33. The van der Waals surface area contributed by atoms with Crippen LogP contribution in [0, 0.1) is 17.6 Å². The summed E-state index contributed by atoms with van der Waals surface area (Å²) in [6, 6.07) is 2.60. The van der Waals surface area contributed by atoms with Gasteiger partial charge in [-0.05, 0) is 31.5 Å². The highest BCUT2D eigenvalue weighted by atomic mass is 19.1. The van der Waals surface area contributed by atoms with Gasteiger partial charge in [0, 0.05) is 5.56 Å². The molecule has 1 aromatic rings. The standard InChI is InChI=1S/C12H14F2O3/c1-3-8(11(15)16)12(2,17)9-6-7(13)4-5-10(9)14/h4-6,8,17H,3H2,1-2H3,(H,15,16). The van der Waals surface area contributed by atoms with Crippen LogP contribution in [0.4, 0.5) is 8.78 Å². The molecule has 94 valence electrons. The summed E-state index contributed by atoms with van der Waals surface area (Å²) in [6.07, 6.45) is 0.109. The molecule has 17 heavy (non-hydrogen) atoms. The number of hydrogen-bond acceptors (Lipinski definition) is 2. The molecule has 0 aliphatic rings. The summed E-state index contributed by atoms with van der Waals surface area (Å²) in [5.74, 6) is -3.99. The van der Waals surface area contributed by atoms with Gasteiger partial charge in [0.2, 0.25) is 0 Å². The number of halogens is 2. The lowest BCUT2D eigenvalue weighted by atomic mass is 9.81. The Morgan fingerprint density at radius 3 is 2.53 bits per heavy atom. The van der Waals surface area contributed by atoms with Gasteiger partial charge in [0.05, 0.1) is 5.92 Å². The molecule has 5 heteroatoms. The first-order chi connectivity index (χ1) is 7.80. The zero-order chi connectivity index (χ0) is 13.2. The van der Waals surface area contributed by atoms with Crippen molar-refractivity contribution in [3.05, 3.63) is 35.4 Å². The molecule has 2 atom stereocenters. The number of carboxylic acids is 1. The first-order valence-electron chi connectivity index (χ1n) is 5.21. The third kappa shape index (κ3) is 2.61. The van der Waals surface area contributed by atoms with Crippen molar-refractivity contribution in [2.75, 3.05) is 0 Å². The summed E-state index contributed by atoms with van der Waals surface area (Å²) in [5, 5.41) is 19.1. The second kappa shape index (κ2) is 4.79. The van der Waals surface area contributed by atoms with Crippen LogP contribution in [0.15, 0.2) is 18.2 Å². The average molecular weight is 244 g/mol. The highest BCUT2D eigenvalue weighted by Gasteiger charge is 2.39. The van der Waals surface area contributed by atoms with Crippen LogP contribution in [0.5, 0.6) is 0 Å². The van der Waals surface area contributed by atoms with Gasteiger partial charge in [-0.3, -0.25) is 4.79 Å². The van der Waals surface area contributed by atoms with E-state index in [0.29, 0.717) is 0 Å². The molecule has 0 amide bonds. The summed E-state index contributed by atoms with van der Waals surface area (Å²) >= 11 is 0. The average Bonchev–Trinajstić information content (AvgIpc) is 2.21. The Labute approximate surface area is 97.7 Å². The van der Waals surface area contributed by atoms with Crippen molar-refractivity contribution < 1.29 is 23.8 Å². The van der Waals surface area contributed by atoms with E-state index in [2.05, 4.69) is 0 Å². The molecule has 0 heterocycles. The molecular formula is C12H14F2O3. The number of rotatable bonds is 4. The van der Waals surface area contributed by atoms with E-state index >= 15 is 0 Å². The van der Waals surface area contributed by atoms with Gasteiger partial charge >= 0.3 is 5.97 Å². The van der Waals surface area contributed by atoms with Crippen LogP contribution in [-0.2, 0) is 10.4 Å². The van der Waals surface area contributed by atoms with E-state index in [1.165, 1.54) is 6.92 Å². The maximum Gasteiger partial charge on any atom is 0.309 e. The molecule has 1 rings (SSSR count). The van der Waals surface area contributed by atoms with Gasteiger partial charge in [-0.15, -0.1) is 0 Å². The van der Waals surface area contributed by atoms with Gasteiger partial charge < -0.3 is 10.2 Å². The van der Waals surface area contributed by atoms with Gasteiger partial charge in [-0.25, -0.2) is 8.78 Å². The molecular weight excluding hydrogens is 230 g/mol. The van der Waals surface area contributed by atoms with E-state index in [0.717, 1.165) is 18.2 Å². The Hall–Kier alpha value is -1.49. The summed E-state index contributed by atoms with van der Waals surface area (Å²) < 4.78 is 26.5. The summed E-state index contributed by atoms with van der Waals surface area (Å²) in [7, 11) is 0. The van der Waals surface area contributed by atoms with Crippen LogP contribution < -0.4 is 0 Å². The van der Waals surface area contributed by atoms with E-state index in [9.17, 15) is 18.7 Å². The topological polar surface area (TPSA) is 57.5 Å². The smallest absolute Gasteiger partial charge is 0.309 e. The normalized spacial score (nSPS) is 16.3. The number of aliphatic carboxylic acids is 1. The van der Waals surface area contributed by atoms with Crippen molar-refractivity contribution in [2.45, 2.75) is 25.9 Å². The largest absolute Gasteiger partial charge is 0.481 e. The Balaban J connectivity index is 3.28. The number of hydrogen-bond donors (Lipinski definition) is 2. The third-order valence-corrected chi connectivity index (χ3v) is 2.86. The molecule has 0 bridgehead atoms. The second-order valence-electron chi connectivity index (χ2n) is 4.07. The highest BCUT2D eigenvalue weighted by molar-refractivity contribution is 5.71. The van der Waals surface area contributed by atoms with Crippen molar-refractivity contribution in [2.24, 2.45) is 5.92 Å². The summed E-state index contributed by atoms with van der Waals surface area (Å²) in [6.45, 7) is 2.73. The van der Waals surface area contributed by atoms with Gasteiger partial charge in [0.1, 0.15) is 17.2 Å². The molecule has 0 saturated heterocycles. The number of benzene rings is 1. The van der Waals surface area contributed by atoms with E-state index in [1.54, 1.807) is 6.92 Å². The van der Waals surface area contributed by atoms with Crippen LogP contribution in [0.2, 0.25) is 0 Å².